The summed E-state index contributed by atoms with van der Waals surface area (Å²) in [4.78, 5) is 28.1. The number of aryl methyl sites for hydroxylation is 2. The molecule has 37 heavy (non-hydrogen) atoms. The van der Waals surface area contributed by atoms with Crippen molar-refractivity contribution in [3.8, 4) is 0 Å². The Hall–Kier alpha value is -3.36. The molecule has 0 aliphatic heterocycles. The molecule has 0 spiro atoms. The number of likely N-dealkylation sites (N-methyl/N-ethyl adjacent to an activating group) is 1. The van der Waals surface area contributed by atoms with Crippen LogP contribution in [0.4, 0.5) is 5.69 Å². The van der Waals surface area contributed by atoms with Gasteiger partial charge in [-0.2, -0.15) is 0 Å². The van der Waals surface area contributed by atoms with Gasteiger partial charge < -0.3 is 10.2 Å². The third-order valence-electron chi connectivity index (χ3n) is 6.29. The van der Waals surface area contributed by atoms with Gasteiger partial charge in [-0.3, -0.25) is 13.9 Å². The van der Waals surface area contributed by atoms with Gasteiger partial charge >= 0.3 is 0 Å². The first-order valence-corrected chi connectivity index (χ1v) is 13.8. The van der Waals surface area contributed by atoms with Crippen LogP contribution in [0.1, 0.15) is 30.0 Å². The number of hydrogen-bond donors (Lipinski definition) is 1. The molecule has 3 aromatic carbocycles. The minimum Gasteiger partial charge on any atom is -0.357 e. The molecule has 9 heteroatoms. The van der Waals surface area contributed by atoms with Crippen molar-refractivity contribution >= 4 is 39.1 Å². The third-order valence-corrected chi connectivity index (χ3v) is 8.33. The fourth-order valence-electron chi connectivity index (χ4n) is 4.00. The number of anilines is 1. The predicted octanol–water partition coefficient (Wildman–Crippen LogP) is 4.71. The van der Waals surface area contributed by atoms with E-state index < -0.39 is 28.5 Å². The highest BCUT2D eigenvalue weighted by atomic mass is 35.5. The molecule has 3 aromatic rings. The van der Waals surface area contributed by atoms with E-state index in [0.717, 1.165) is 21.0 Å². The van der Waals surface area contributed by atoms with E-state index in [0.29, 0.717) is 17.1 Å². The van der Waals surface area contributed by atoms with Gasteiger partial charge in [-0.25, -0.2) is 8.42 Å². The maximum Gasteiger partial charge on any atom is 0.264 e. The summed E-state index contributed by atoms with van der Waals surface area (Å²) in [5.41, 5.74) is 3.04. The second-order valence-corrected chi connectivity index (χ2v) is 11.1. The minimum absolute atomic E-state index is 0.0728. The number of hydrogen-bond acceptors (Lipinski definition) is 4. The van der Waals surface area contributed by atoms with Gasteiger partial charge in [0.25, 0.3) is 10.0 Å². The number of halogens is 1. The molecular weight excluding hydrogens is 510 g/mol. The highest BCUT2D eigenvalue weighted by molar-refractivity contribution is 7.92. The lowest BCUT2D eigenvalue weighted by atomic mass is 10.1. The van der Waals surface area contributed by atoms with Crippen molar-refractivity contribution in [1.29, 1.82) is 0 Å². The molecule has 0 bridgehead atoms. The van der Waals surface area contributed by atoms with Gasteiger partial charge in [-0.1, -0.05) is 54.9 Å². The number of rotatable bonds is 10. The molecule has 1 unspecified atom stereocenters. The number of carbonyl (C=O) groups excluding carboxylic acids is 2. The summed E-state index contributed by atoms with van der Waals surface area (Å²) in [6.07, 6.45) is 0.355. The van der Waals surface area contributed by atoms with Crippen LogP contribution >= 0.6 is 11.6 Å². The molecule has 0 saturated carbocycles. The van der Waals surface area contributed by atoms with Crippen LogP contribution in [0.15, 0.2) is 77.7 Å². The Morgan fingerprint density at radius 1 is 0.946 bits per heavy atom. The first-order chi connectivity index (χ1) is 17.6. The summed E-state index contributed by atoms with van der Waals surface area (Å²) >= 11 is 6.02. The number of benzene rings is 3. The van der Waals surface area contributed by atoms with Crippen LogP contribution in [0.2, 0.25) is 5.02 Å². The van der Waals surface area contributed by atoms with E-state index in [4.69, 9.17) is 11.6 Å². The van der Waals surface area contributed by atoms with E-state index in [1.165, 1.54) is 24.1 Å². The lowest BCUT2D eigenvalue weighted by Gasteiger charge is -2.33. The zero-order valence-electron chi connectivity index (χ0n) is 21.4. The number of amides is 2. The topological polar surface area (TPSA) is 86.8 Å². The van der Waals surface area contributed by atoms with Gasteiger partial charge in [0, 0.05) is 18.6 Å². The van der Waals surface area contributed by atoms with Crippen molar-refractivity contribution < 1.29 is 18.0 Å². The van der Waals surface area contributed by atoms with E-state index in [-0.39, 0.29) is 17.3 Å². The molecule has 196 valence electrons. The van der Waals surface area contributed by atoms with Gasteiger partial charge in [-0.15, -0.1) is 0 Å². The van der Waals surface area contributed by atoms with Crippen LogP contribution in [0, 0.1) is 13.8 Å². The SMILES string of the molecule is CCC(C(=O)NC)N(Cc1ccc(Cl)cc1)C(=O)CN(c1ccc(C)c(C)c1)S(=O)(=O)c1ccccc1. The summed E-state index contributed by atoms with van der Waals surface area (Å²) in [6, 6.07) is 19.5. The molecular formula is C28H32ClN3O4S. The highest BCUT2D eigenvalue weighted by Gasteiger charge is 2.33. The normalized spacial score (nSPS) is 12.0. The van der Waals surface area contributed by atoms with E-state index in [9.17, 15) is 18.0 Å². The second-order valence-electron chi connectivity index (χ2n) is 8.78. The number of nitrogens with one attached hydrogen (secondary N) is 1. The van der Waals surface area contributed by atoms with E-state index >= 15 is 0 Å². The molecule has 3 rings (SSSR count). The highest BCUT2D eigenvalue weighted by Crippen LogP contribution is 2.26. The maximum atomic E-state index is 13.9. The molecule has 1 atom stereocenters. The average molecular weight is 542 g/mol. The van der Waals surface area contributed by atoms with Crippen LogP contribution in [-0.4, -0.2) is 44.8 Å². The smallest absolute Gasteiger partial charge is 0.264 e. The Morgan fingerprint density at radius 2 is 1.59 bits per heavy atom. The monoisotopic (exact) mass is 541 g/mol. The fraction of sp³-hybridized carbons (Fsp3) is 0.286. The standard InChI is InChI=1S/C28H32ClN3O4S/c1-5-26(28(34)30-4)31(18-22-12-14-23(29)15-13-22)27(33)19-32(24-16-11-20(2)21(3)17-24)37(35,36)25-9-7-6-8-10-25/h6-17,26H,5,18-19H2,1-4H3,(H,30,34). The molecule has 0 saturated heterocycles. The van der Waals surface area contributed by atoms with Crippen molar-refractivity contribution in [2.75, 3.05) is 17.9 Å². The Balaban J connectivity index is 2.06. The summed E-state index contributed by atoms with van der Waals surface area (Å²) in [5.74, 6) is -0.823. The summed E-state index contributed by atoms with van der Waals surface area (Å²) in [5, 5.41) is 3.17. The molecule has 0 aliphatic carbocycles. The van der Waals surface area contributed by atoms with Crippen molar-refractivity contribution in [1.82, 2.24) is 10.2 Å². The Labute approximate surface area is 224 Å². The van der Waals surface area contributed by atoms with Gasteiger partial charge in [0.2, 0.25) is 11.8 Å². The van der Waals surface area contributed by atoms with E-state index in [2.05, 4.69) is 5.32 Å². The molecule has 0 fully saturated rings. The lowest BCUT2D eigenvalue weighted by Crippen LogP contribution is -2.51. The Morgan fingerprint density at radius 3 is 2.16 bits per heavy atom. The summed E-state index contributed by atoms with van der Waals surface area (Å²) in [7, 11) is -2.57. The third kappa shape index (κ3) is 6.70. The average Bonchev–Trinajstić information content (AvgIpc) is 2.90. The van der Waals surface area contributed by atoms with Crippen molar-refractivity contribution in [2.45, 2.75) is 44.7 Å². The molecule has 0 aliphatic rings. The molecule has 0 radical (unpaired) electrons. The van der Waals surface area contributed by atoms with Crippen LogP contribution in [0.5, 0.6) is 0 Å². The van der Waals surface area contributed by atoms with E-state index in [1.54, 1.807) is 54.6 Å². The number of sulfonamides is 1. The van der Waals surface area contributed by atoms with Crippen LogP contribution in [0.3, 0.4) is 0 Å². The summed E-state index contributed by atoms with van der Waals surface area (Å²) in [6.45, 7) is 5.28. The molecule has 7 nitrogen and oxygen atoms in total. The molecule has 1 N–H and O–H groups in total. The Kier molecular flexibility index (Phi) is 9.34. The first-order valence-electron chi connectivity index (χ1n) is 12.0. The number of carbonyl (C=O) groups is 2. The quantitative estimate of drug-likeness (QED) is 0.403. The minimum atomic E-state index is -4.08. The molecule has 2 amide bonds. The zero-order chi connectivity index (χ0) is 27.2. The fourth-order valence-corrected chi connectivity index (χ4v) is 5.55. The maximum absolute atomic E-state index is 13.9. The van der Waals surface area contributed by atoms with Gasteiger partial charge in [0.1, 0.15) is 12.6 Å². The van der Waals surface area contributed by atoms with Crippen molar-refractivity contribution in [3.63, 3.8) is 0 Å². The van der Waals surface area contributed by atoms with Crippen molar-refractivity contribution in [3.05, 3.63) is 94.5 Å². The van der Waals surface area contributed by atoms with Gasteiger partial charge in [0.05, 0.1) is 10.6 Å². The van der Waals surface area contributed by atoms with Gasteiger partial charge in [-0.05, 0) is 73.4 Å². The summed E-state index contributed by atoms with van der Waals surface area (Å²) < 4.78 is 28.7. The van der Waals surface area contributed by atoms with Crippen LogP contribution in [0.25, 0.3) is 0 Å². The Bertz CT molecular complexity index is 1350. The second kappa shape index (κ2) is 12.3. The number of nitrogens with zero attached hydrogens (tertiary/aromatic N) is 2. The van der Waals surface area contributed by atoms with Crippen LogP contribution < -0.4 is 9.62 Å². The zero-order valence-corrected chi connectivity index (χ0v) is 23.0. The predicted molar refractivity (Wildman–Crippen MR) is 147 cm³/mol. The first kappa shape index (κ1) is 28.2. The lowest BCUT2D eigenvalue weighted by molar-refractivity contribution is -0.140. The largest absolute Gasteiger partial charge is 0.357 e. The van der Waals surface area contributed by atoms with Gasteiger partial charge in [0.15, 0.2) is 0 Å². The van der Waals surface area contributed by atoms with Crippen LogP contribution in [-0.2, 0) is 26.2 Å². The molecule has 0 heterocycles. The van der Waals surface area contributed by atoms with Crippen molar-refractivity contribution in [2.24, 2.45) is 0 Å². The molecule has 0 aromatic heterocycles. The van der Waals surface area contributed by atoms with E-state index in [1.807, 2.05) is 26.8 Å².